The Balaban J connectivity index is 1.42. The van der Waals surface area contributed by atoms with Crippen molar-refractivity contribution in [2.45, 2.75) is 30.6 Å². The Hall–Kier alpha value is -1.30. The summed E-state index contributed by atoms with van der Waals surface area (Å²) in [6, 6.07) is 12.3. The summed E-state index contributed by atoms with van der Waals surface area (Å²) in [5.74, 6) is 1.75. The molecule has 0 unspecified atom stereocenters. The van der Waals surface area contributed by atoms with Crippen molar-refractivity contribution >= 4 is 29.0 Å². The van der Waals surface area contributed by atoms with Gasteiger partial charge in [0.25, 0.3) is 5.91 Å². The van der Waals surface area contributed by atoms with Gasteiger partial charge >= 0.3 is 0 Å². The monoisotopic (exact) mass is 374 g/mol. The number of likely N-dealkylation sites (tertiary alicyclic amines) is 1. The lowest BCUT2D eigenvalue weighted by Crippen LogP contribution is -2.39. The van der Waals surface area contributed by atoms with Gasteiger partial charge in [-0.05, 0) is 61.2 Å². The Morgan fingerprint density at radius 1 is 1.24 bits per heavy atom. The molecule has 1 amide bonds. The first-order valence-electron chi connectivity index (χ1n) is 9.03. The van der Waals surface area contributed by atoms with E-state index >= 15 is 0 Å². The number of thioether (sulfide) groups is 1. The Bertz CT molecular complexity index is 664. The first-order chi connectivity index (χ1) is 12.3. The third-order valence-electron chi connectivity index (χ3n) is 4.68. The molecule has 1 saturated heterocycles. The molecule has 0 saturated carbocycles. The quantitative estimate of drug-likeness (QED) is 0.726. The highest BCUT2D eigenvalue weighted by Crippen LogP contribution is 2.30. The average molecular weight is 375 g/mol. The van der Waals surface area contributed by atoms with Gasteiger partial charge in [-0.2, -0.15) is 0 Å². The Kier molecular flexibility index (Phi) is 6.96. The van der Waals surface area contributed by atoms with Crippen LogP contribution in [0.2, 0.25) is 0 Å². The smallest absolute Gasteiger partial charge is 0.252 e. The molecule has 0 spiro atoms. The summed E-state index contributed by atoms with van der Waals surface area (Å²) in [5, 5.41) is 5.26. The number of benzene rings is 1. The van der Waals surface area contributed by atoms with Crippen molar-refractivity contribution in [2.75, 3.05) is 31.9 Å². The van der Waals surface area contributed by atoms with Crippen LogP contribution < -0.4 is 5.32 Å². The lowest BCUT2D eigenvalue weighted by molar-refractivity contribution is 0.0943. The molecule has 1 fully saturated rings. The van der Waals surface area contributed by atoms with E-state index in [1.165, 1.54) is 17.7 Å². The summed E-state index contributed by atoms with van der Waals surface area (Å²) in [6.07, 6.45) is 2.45. The number of carbonyl (C=O) groups excluding carboxylic acids is 1. The number of amides is 1. The van der Waals surface area contributed by atoms with E-state index in [1.807, 2.05) is 35.6 Å². The maximum atomic E-state index is 12.4. The van der Waals surface area contributed by atoms with Gasteiger partial charge in [0.05, 0.1) is 5.56 Å². The van der Waals surface area contributed by atoms with Crippen LogP contribution in [0, 0.1) is 0 Å². The highest BCUT2D eigenvalue weighted by atomic mass is 32.2. The van der Waals surface area contributed by atoms with Gasteiger partial charge in [-0.15, -0.1) is 23.1 Å². The van der Waals surface area contributed by atoms with Crippen molar-refractivity contribution in [2.24, 2.45) is 0 Å². The number of rotatable bonds is 7. The second-order valence-corrected chi connectivity index (χ2v) is 8.60. The molecule has 1 aliphatic rings. The SMILES string of the molecule is CCSc1ccccc1C(=O)NCCN1CCC(c2cccs2)CC1. The standard InChI is InChI=1S/C20H26N2OS2/c1-2-24-19-7-4-3-6-17(19)20(23)21-11-14-22-12-9-16(10-13-22)18-8-5-15-25-18/h3-8,15-16H,2,9-14H2,1H3,(H,21,23). The molecule has 1 aromatic heterocycles. The van der Waals surface area contributed by atoms with E-state index in [4.69, 9.17) is 0 Å². The van der Waals surface area contributed by atoms with Gasteiger partial charge in [-0.1, -0.05) is 25.1 Å². The molecule has 25 heavy (non-hydrogen) atoms. The number of carbonyl (C=O) groups is 1. The third-order valence-corrected chi connectivity index (χ3v) is 6.67. The van der Waals surface area contributed by atoms with Crippen LogP contribution >= 0.6 is 23.1 Å². The van der Waals surface area contributed by atoms with E-state index in [0.717, 1.165) is 41.8 Å². The summed E-state index contributed by atoms with van der Waals surface area (Å²) >= 11 is 3.60. The lowest BCUT2D eigenvalue weighted by atomic mass is 9.95. The second-order valence-electron chi connectivity index (χ2n) is 6.32. The molecule has 2 heterocycles. The molecular formula is C20H26N2OS2. The third kappa shape index (κ3) is 5.09. The summed E-state index contributed by atoms with van der Waals surface area (Å²) in [4.78, 5) is 17.5. The molecule has 1 aliphatic heterocycles. The molecule has 0 bridgehead atoms. The van der Waals surface area contributed by atoms with Crippen molar-refractivity contribution in [3.63, 3.8) is 0 Å². The number of hydrogen-bond donors (Lipinski definition) is 1. The van der Waals surface area contributed by atoms with Gasteiger partial charge in [0.15, 0.2) is 0 Å². The zero-order valence-corrected chi connectivity index (χ0v) is 16.4. The predicted octanol–water partition coefficient (Wildman–Crippen LogP) is 4.47. The van der Waals surface area contributed by atoms with Crippen molar-refractivity contribution < 1.29 is 4.79 Å². The van der Waals surface area contributed by atoms with Crippen LogP contribution in [-0.4, -0.2) is 42.7 Å². The van der Waals surface area contributed by atoms with Crippen LogP contribution in [-0.2, 0) is 0 Å². The molecule has 0 atom stereocenters. The van der Waals surface area contributed by atoms with Crippen molar-refractivity contribution in [3.05, 3.63) is 52.2 Å². The molecule has 5 heteroatoms. The molecule has 134 valence electrons. The maximum absolute atomic E-state index is 12.4. The minimum atomic E-state index is 0.0463. The summed E-state index contributed by atoms with van der Waals surface area (Å²) < 4.78 is 0. The Morgan fingerprint density at radius 2 is 2.04 bits per heavy atom. The van der Waals surface area contributed by atoms with Crippen molar-refractivity contribution in [3.8, 4) is 0 Å². The largest absolute Gasteiger partial charge is 0.351 e. The van der Waals surface area contributed by atoms with E-state index in [2.05, 4.69) is 34.7 Å². The number of nitrogens with zero attached hydrogens (tertiary/aromatic N) is 1. The highest BCUT2D eigenvalue weighted by molar-refractivity contribution is 7.99. The molecule has 2 aromatic rings. The molecule has 0 radical (unpaired) electrons. The average Bonchev–Trinajstić information content (AvgIpc) is 3.18. The molecule has 3 rings (SSSR count). The van der Waals surface area contributed by atoms with Crippen LogP contribution in [0.25, 0.3) is 0 Å². The zero-order valence-electron chi connectivity index (χ0n) is 14.7. The van der Waals surface area contributed by atoms with Gasteiger partial charge in [0.1, 0.15) is 0 Å². The van der Waals surface area contributed by atoms with E-state index in [1.54, 1.807) is 11.8 Å². The van der Waals surface area contributed by atoms with E-state index in [0.29, 0.717) is 6.54 Å². The first kappa shape index (κ1) is 18.5. The van der Waals surface area contributed by atoms with Crippen molar-refractivity contribution in [1.29, 1.82) is 0 Å². The highest BCUT2D eigenvalue weighted by Gasteiger charge is 2.21. The Morgan fingerprint density at radius 3 is 2.76 bits per heavy atom. The Labute approximate surface area is 158 Å². The molecule has 1 N–H and O–H groups in total. The fourth-order valence-electron chi connectivity index (χ4n) is 3.32. The fraction of sp³-hybridized carbons (Fsp3) is 0.450. The predicted molar refractivity (Wildman–Crippen MR) is 108 cm³/mol. The van der Waals surface area contributed by atoms with Gasteiger partial charge in [0, 0.05) is 22.9 Å². The van der Waals surface area contributed by atoms with Crippen LogP contribution in [0.4, 0.5) is 0 Å². The maximum Gasteiger partial charge on any atom is 0.252 e. The number of piperidine rings is 1. The van der Waals surface area contributed by atoms with Gasteiger partial charge < -0.3 is 10.2 Å². The van der Waals surface area contributed by atoms with E-state index in [-0.39, 0.29) is 5.91 Å². The van der Waals surface area contributed by atoms with Crippen LogP contribution in [0.1, 0.15) is 40.9 Å². The van der Waals surface area contributed by atoms with E-state index < -0.39 is 0 Å². The van der Waals surface area contributed by atoms with Gasteiger partial charge in [0.2, 0.25) is 0 Å². The lowest BCUT2D eigenvalue weighted by Gasteiger charge is -2.31. The summed E-state index contributed by atoms with van der Waals surface area (Å²) in [7, 11) is 0. The van der Waals surface area contributed by atoms with Crippen molar-refractivity contribution in [1.82, 2.24) is 10.2 Å². The molecular weight excluding hydrogens is 348 g/mol. The van der Waals surface area contributed by atoms with E-state index in [9.17, 15) is 4.79 Å². The normalized spacial score (nSPS) is 16.0. The summed E-state index contributed by atoms with van der Waals surface area (Å²) in [6.45, 7) is 6.01. The van der Waals surface area contributed by atoms with Crippen LogP contribution in [0.3, 0.4) is 0 Å². The molecule has 1 aromatic carbocycles. The fourth-order valence-corrected chi connectivity index (χ4v) is 5.02. The topological polar surface area (TPSA) is 32.3 Å². The minimum absolute atomic E-state index is 0.0463. The molecule has 3 nitrogen and oxygen atoms in total. The summed E-state index contributed by atoms with van der Waals surface area (Å²) in [5.41, 5.74) is 0.797. The van der Waals surface area contributed by atoms with Gasteiger partial charge in [-0.25, -0.2) is 0 Å². The number of nitrogens with one attached hydrogen (secondary N) is 1. The molecule has 0 aliphatic carbocycles. The number of hydrogen-bond acceptors (Lipinski definition) is 4. The first-order valence-corrected chi connectivity index (χ1v) is 10.9. The number of thiophene rings is 1. The second kappa shape index (κ2) is 9.41. The zero-order chi connectivity index (χ0) is 17.5. The van der Waals surface area contributed by atoms with Crippen LogP contribution in [0.5, 0.6) is 0 Å². The van der Waals surface area contributed by atoms with Gasteiger partial charge in [-0.3, -0.25) is 4.79 Å². The minimum Gasteiger partial charge on any atom is -0.351 e. The van der Waals surface area contributed by atoms with Crippen LogP contribution in [0.15, 0.2) is 46.7 Å².